The van der Waals surface area contributed by atoms with E-state index in [0.717, 1.165) is 5.56 Å². The first-order valence-electron chi connectivity index (χ1n) is 4.28. The van der Waals surface area contributed by atoms with Gasteiger partial charge in [0.1, 0.15) is 11.9 Å². The third-order valence-corrected chi connectivity index (χ3v) is 1.93. The van der Waals surface area contributed by atoms with Crippen LogP contribution in [0, 0.1) is 13.8 Å². The van der Waals surface area contributed by atoms with Gasteiger partial charge in [0.2, 0.25) is 0 Å². The lowest BCUT2D eigenvalue weighted by molar-refractivity contribution is -0.138. The van der Waals surface area contributed by atoms with E-state index in [1.165, 1.54) is 0 Å². The van der Waals surface area contributed by atoms with Crippen molar-refractivity contribution in [1.82, 2.24) is 9.97 Å². The van der Waals surface area contributed by atoms with Crippen molar-refractivity contribution in [2.75, 3.05) is 0 Å². The summed E-state index contributed by atoms with van der Waals surface area (Å²) in [6, 6.07) is -0.900. The smallest absolute Gasteiger partial charge is 0.320 e. The Balaban J connectivity index is 2.85. The first-order valence-corrected chi connectivity index (χ1v) is 4.28. The van der Waals surface area contributed by atoms with Crippen molar-refractivity contribution < 1.29 is 9.90 Å². The largest absolute Gasteiger partial charge is 0.480 e. The average Bonchev–Trinajstić information content (AvgIpc) is 2.11. The van der Waals surface area contributed by atoms with Gasteiger partial charge in [0.05, 0.1) is 0 Å². The lowest BCUT2D eigenvalue weighted by Gasteiger charge is -2.08. The van der Waals surface area contributed by atoms with Gasteiger partial charge in [-0.3, -0.25) is 4.79 Å². The van der Waals surface area contributed by atoms with Crippen LogP contribution >= 0.6 is 0 Å². The molecule has 1 atom stereocenters. The third kappa shape index (κ3) is 2.50. The molecule has 5 nitrogen and oxygen atoms in total. The molecule has 14 heavy (non-hydrogen) atoms. The van der Waals surface area contributed by atoms with Gasteiger partial charge in [-0.25, -0.2) is 9.97 Å². The molecule has 1 aromatic rings. The predicted octanol–water partition coefficient (Wildman–Crippen LogP) is 0.0478. The number of rotatable bonds is 3. The van der Waals surface area contributed by atoms with E-state index in [4.69, 9.17) is 10.8 Å². The number of hydrogen-bond donors (Lipinski definition) is 2. The fourth-order valence-electron chi connectivity index (χ4n) is 1.08. The summed E-state index contributed by atoms with van der Waals surface area (Å²) >= 11 is 0. The summed E-state index contributed by atoms with van der Waals surface area (Å²) in [5.41, 5.74) is 6.98. The molecule has 0 aromatic carbocycles. The number of nitrogens with zero attached hydrogens (tertiary/aromatic N) is 2. The minimum absolute atomic E-state index is 0.241. The van der Waals surface area contributed by atoms with Crippen molar-refractivity contribution >= 4 is 5.97 Å². The zero-order valence-corrected chi connectivity index (χ0v) is 8.19. The molecule has 0 radical (unpaired) electrons. The Bertz CT molecular complexity index is 352. The van der Waals surface area contributed by atoms with Crippen molar-refractivity contribution in [3.8, 4) is 0 Å². The highest BCUT2D eigenvalue weighted by atomic mass is 16.4. The van der Waals surface area contributed by atoms with Gasteiger partial charge < -0.3 is 10.8 Å². The molecule has 0 fully saturated rings. The monoisotopic (exact) mass is 195 g/mol. The molecule has 0 saturated carbocycles. The van der Waals surface area contributed by atoms with Gasteiger partial charge in [0, 0.05) is 18.3 Å². The number of carboxylic acid groups (broad SMARTS) is 1. The van der Waals surface area contributed by atoms with Crippen molar-refractivity contribution in [3.63, 3.8) is 0 Å². The SMILES string of the molecule is Cc1ncc(C)c(CC(N)C(=O)O)n1. The first kappa shape index (κ1) is 10.6. The molecule has 1 heterocycles. The minimum Gasteiger partial charge on any atom is -0.480 e. The lowest BCUT2D eigenvalue weighted by atomic mass is 10.1. The van der Waals surface area contributed by atoms with Gasteiger partial charge in [0.25, 0.3) is 0 Å². The standard InChI is InChI=1S/C9H13N3O2/c1-5-4-11-6(2)12-8(5)3-7(10)9(13)14/h4,7H,3,10H2,1-2H3,(H,13,14). The second-order valence-electron chi connectivity index (χ2n) is 3.20. The summed E-state index contributed by atoms with van der Waals surface area (Å²) in [5.74, 6) is -0.385. The number of aromatic nitrogens is 2. The topological polar surface area (TPSA) is 89.1 Å². The molecule has 1 unspecified atom stereocenters. The number of aliphatic carboxylic acids is 1. The van der Waals surface area contributed by atoms with Crippen LogP contribution in [0.4, 0.5) is 0 Å². The van der Waals surface area contributed by atoms with E-state index >= 15 is 0 Å². The normalized spacial score (nSPS) is 12.5. The quantitative estimate of drug-likeness (QED) is 0.711. The lowest BCUT2D eigenvalue weighted by Crippen LogP contribution is -2.32. The highest BCUT2D eigenvalue weighted by molar-refractivity contribution is 5.73. The van der Waals surface area contributed by atoms with E-state index in [2.05, 4.69) is 9.97 Å². The molecule has 0 aliphatic rings. The van der Waals surface area contributed by atoms with E-state index in [1.54, 1.807) is 13.1 Å². The number of hydrogen-bond acceptors (Lipinski definition) is 4. The Morgan fingerprint density at radius 3 is 2.86 bits per heavy atom. The predicted molar refractivity (Wildman–Crippen MR) is 50.8 cm³/mol. The van der Waals surface area contributed by atoms with Gasteiger partial charge in [-0.1, -0.05) is 0 Å². The Kier molecular flexibility index (Phi) is 3.14. The maximum absolute atomic E-state index is 10.5. The van der Waals surface area contributed by atoms with Crippen LogP contribution in [0.25, 0.3) is 0 Å². The van der Waals surface area contributed by atoms with Crippen LogP contribution in [-0.4, -0.2) is 27.1 Å². The maximum Gasteiger partial charge on any atom is 0.320 e. The molecule has 0 bridgehead atoms. The molecule has 0 amide bonds. The molecule has 0 aliphatic carbocycles. The fourth-order valence-corrected chi connectivity index (χ4v) is 1.08. The Morgan fingerprint density at radius 2 is 2.29 bits per heavy atom. The van der Waals surface area contributed by atoms with Crippen LogP contribution in [0.15, 0.2) is 6.20 Å². The summed E-state index contributed by atoms with van der Waals surface area (Å²) in [5, 5.41) is 8.64. The molecular formula is C9H13N3O2. The van der Waals surface area contributed by atoms with Crippen molar-refractivity contribution in [2.24, 2.45) is 5.73 Å². The van der Waals surface area contributed by atoms with E-state index in [9.17, 15) is 4.79 Å². The summed E-state index contributed by atoms with van der Waals surface area (Å²) in [6.07, 6.45) is 1.91. The second-order valence-corrected chi connectivity index (χ2v) is 3.20. The molecule has 1 rings (SSSR count). The Hall–Kier alpha value is -1.49. The van der Waals surface area contributed by atoms with Crippen LogP contribution in [0.1, 0.15) is 17.1 Å². The van der Waals surface area contributed by atoms with Crippen molar-refractivity contribution in [1.29, 1.82) is 0 Å². The number of aryl methyl sites for hydroxylation is 2. The zero-order chi connectivity index (χ0) is 10.7. The van der Waals surface area contributed by atoms with Crippen molar-refractivity contribution in [3.05, 3.63) is 23.3 Å². The third-order valence-electron chi connectivity index (χ3n) is 1.93. The summed E-state index contributed by atoms with van der Waals surface area (Å²) in [7, 11) is 0. The highest BCUT2D eigenvalue weighted by Gasteiger charge is 2.14. The summed E-state index contributed by atoms with van der Waals surface area (Å²) < 4.78 is 0. The Morgan fingerprint density at radius 1 is 1.64 bits per heavy atom. The molecule has 76 valence electrons. The zero-order valence-electron chi connectivity index (χ0n) is 8.19. The molecule has 0 aliphatic heterocycles. The first-order chi connectivity index (χ1) is 6.50. The van der Waals surface area contributed by atoms with Gasteiger partial charge >= 0.3 is 5.97 Å². The molecular weight excluding hydrogens is 182 g/mol. The van der Waals surface area contributed by atoms with Crippen LogP contribution in [0.3, 0.4) is 0 Å². The van der Waals surface area contributed by atoms with Gasteiger partial charge in [-0.2, -0.15) is 0 Å². The number of carboxylic acids is 1. The molecule has 1 aromatic heterocycles. The van der Waals surface area contributed by atoms with Crippen LogP contribution < -0.4 is 5.73 Å². The van der Waals surface area contributed by atoms with E-state index in [1.807, 2.05) is 6.92 Å². The van der Waals surface area contributed by atoms with Crippen molar-refractivity contribution in [2.45, 2.75) is 26.3 Å². The molecule has 5 heteroatoms. The second kappa shape index (κ2) is 4.15. The van der Waals surface area contributed by atoms with Gasteiger partial charge in [-0.05, 0) is 19.4 Å². The van der Waals surface area contributed by atoms with E-state index in [-0.39, 0.29) is 6.42 Å². The highest BCUT2D eigenvalue weighted by Crippen LogP contribution is 2.05. The van der Waals surface area contributed by atoms with Crippen LogP contribution in [0.5, 0.6) is 0 Å². The van der Waals surface area contributed by atoms with Gasteiger partial charge in [-0.15, -0.1) is 0 Å². The summed E-state index contributed by atoms with van der Waals surface area (Å²) in [4.78, 5) is 18.7. The molecule has 0 saturated heterocycles. The van der Waals surface area contributed by atoms with E-state index in [0.29, 0.717) is 11.5 Å². The van der Waals surface area contributed by atoms with Crippen LogP contribution in [0.2, 0.25) is 0 Å². The van der Waals surface area contributed by atoms with E-state index < -0.39 is 12.0 Å². The summed E-state index contributed by atoms with van der Waals surface area (Å²) in [6.45, 7) is 3.60. The van der Waals surface area contributed by atoms with Gasteiger partial charge in [0.15, 0.2) is 0 Å². The average molecular weight is 195 g/mol. The number of carbonyl (C=O) groups is 1. The number of nitrogens with two attached hydrogens (primary N) is 1. The maximum atomic E-state index is 10.5. The minimum atomic E-state index is -1.01. The fraction of sp³-hybridized carbons (Fsp3) is 0.444. The molecule has 0 spiro atoms. The Labute approximate surface area is 82.0 Å². The van der Waals surface area contributed by atoms with Crippen LogP contribution in [-0.2, 0) is 11.2 Å². The molecule has 3 N–H and O–H groups in total.